The highest BCUT2D eigenvalue weighted by molar-refractivity contribution is 8.13. The molecular weight excluding hydrogens is 428 g/mol. The summed E-state index contributed by atoms with van der Waals surface area (Å²) < 4.78 is -0.232. The molecule has 2 heterocycles. The Hall–Kier alpha value is -2.17. The zero-order valence-corrected chi connectivity index (χ0v) is 20.4. The van der Waals surface area contributed by atoms with Gasteiger partial charge < -0.3 is 4.90 Å². The molecule has 0 unspecified atom stereocenters. The molecule has 4 heteroatoms. The molecule has 32 heavy (non-hydrogen) atoms. The van der Waals surface area contributed by atoms with Gasteiger partial charge in [-0.05, 0) is 22.1 Å². The molecule has 0 N–H and O–H groups in total. The highest BCUT2D eigenvalue weighted by Crippen LogP contribution is 2.51. The van der Waals surface area contributed by atoms with Crippen molar-refractivity contribution in [3.05, 3.63) is 108 Å². The summed E-state index contributed by atoms with van der Waals surface area (Å²) in [5.74, 6) is 1.15. The highest BCUT2D eigenvalue weighted by Gasteiger charge is 2.43. The van der Waals surface area contributed by atoms with Gasteiger partial charge >= 0.3 is 0 Å². The number of rotatable bonds is 5. The first-order chi connectivity index (χ1) is 15.6. The van der Waals surface area contributed by atoms with Crippen molar-refractivity contribution >= 4 is 28.7 Å². The average Bonchev–Trinajstić information content (AvgIpc) is 2.81. The van der Waals surface area contributed by atoms with E-state index in [1.165, 1.54) is 21.9 Å². The Morgan fingerprint density at radius 1 is 0.812 bits per heavy atom. The third kappa shape index (κ3) is 4.23. The van der Waals surface area contributed by atoms with Crippen LogP contribution in [0.1, 0.15) is 30.5 Å². The van der Waals surface area contributed by atoms with Crippen LogP contribution in [0.2, 0.25) is 0 Å². The summed E-state index contributed by atoms with van der Waals surface area (Å²) >= 11 is 4.03. The Labute approximate surface area is 200 Å². The number of likely N-dealkylation sites (tertiary alicyclic amines) is 1. The summed E-state index contributed by atoms with van der Waals surface area (Å²) in [6, 6.07) is 33.0. The molecule has 3 aromatic carbocycles. The third-order valence-corrected chi connectivity index (χ3v) is 9.50. The van der Waals surface area contributed by atoms with E-state index in [0.29, 0.717) is 10.7 Å². The van der Waals surface area contributed by atoms with Gasteiger partial charge in [-0.25, -0.2) is 0 Å². The molecule has 0 saturated carbocycles. The first kappa shape index (κ1) is 21.7. The van der Waals surface area contributed by atoms with E-state index in [4.69, 9.17) is 4.99 Å². The Morgan fingerprint density at radius 2 is 1.28 bits per heavy atom. The van der Waals surface area contributed by atoms with Crippen LogP contribution in [0.3, 0.4) is 0 Å². The van der Waals surface area contributed by atoms with Crippen molar-refractivity contribution < 1.29 is 0 Å². The molecule has 3 aromatic rings. The van der Waals surface area contributed by atoms with Gasteiger partial charge in [0.25, 0.3) is 0 Å². The van der Waals surface area contributed by atoms with Crippen LogP contribution < -0.4 is 0 Å². The van der Waals surface area contributed by atoms with Gasteiger partial charge in [-0.2, -0.15) is 0 Å². The van der Waals surface area contributed by atoms with Crippen molar-refractivity contribution in [3.8, 4) is 0 Å². The van der Waals surface area contributed by atoms with E-state index in [-0.39, 0.29) is 4.75 Å². The normalized spacial score (nSPS) is 18.7. The molecule has 2 nitrogen and oxygen atoms in total. The summed E-state index contributed by atoms with van der Waals surface area (Å²) in [6.45, 7) is 7.67. The second-order valence-corrected chi connectivity index (χ2v) is 11.9. The van der Waals surface area contributed by atoms with Gasteiger partial charge in [0.05, 0.1) is 4.75 Å². The lowest BCUT2D eigenvalue weighted by molar-refractivity contribution is 0.312. The van der Waals surface area contributed by atoms with Crippen LogP contribution in [-0.2, 0) is 4.75 Å². The van der Waals surface area contributed by atoms with Gasteiger partial charge in [0.2, 0.25) is 0 Å². The molecule has 164 valence electrons. The summed E-state index contributed by atoms with van der Waals surface area (Å²) in [6.07, 6.45) is 0. The van der Waals surface area contributed by atoms with Crippen LogP contribution in [0, 0.1) is 5.41 Å². The predicted octanol–water partition coefficient (Wildman–Crippen LogP) is 6.52. The minimum Gasteiger partial charge on any atom is -0.349 e. The van der Waals surface area contributed by atoms with Crippen molar-refractivity contribution in [2.45, 2.75) is 23.8 Å². The molecule has 0 aromatic heterocycles. The second kappa shape index (κ2) is 8.99. The molecule has 2 aliphatic heterocycles. The number of nitrogens with zero attached hydrogens (tertiary/aromatic N) is 2. The van der Waals surface area contributed by atoms with Crippen LogP contribution in [0.15, 0.2) is 96.0 Å². The Kier molecular flexibility index (Phi) is 6.09. The Balaban J connectivity index is 1.47. The topological polar surface area (TPSA) is 15.6 Å². The maximum atomic E-state index is 4.91. The fourth-order valence-corrected chi connectivity index (χ4v) is 7.39. The first-order valence-electron chi connectivity index (χ1n) is 11.3. The molecule has 0 amide bonds. The van der Waals surface area contributed by atoms with Crippen molar-refractivity contribution in [1.82, 2.24) is 4.90 Å². The fourth-order valence-electron chi connectivity index (χ4n) is 4.47. The largest absolute Gasteiger partial charge is 0.349 e. The Bertz CT molecular complexity index is 962. The van der Waals surface area contributed by atoms with E-state index in [2.05, 4.69) is 122 Å². The van der Waals surface area contributed by atoms with Crippen LogP contribution in [0.5, 0.6) is 0 Å². The number of aliphatic imine (C=N–C) groups is 1. The fraction of sp³-hybridized carbons (Fsp3) is 0.321. The number of hydrogen-bond acceptors (Lipinski definition) is 4. The lowest BCUT2D eigenvalue weighted by atomic mass is 9.84. The van der Waals surface area contributed by atoms with Gasteiger partial charge in [0.1, 0.15) is 0 Å². The minimum absolute atomic E-state index is 0.232. The third-order valence-electron chi connectivity index (χ3n) is 6.24. The zero-order valence-electron chi connectivity index (χ0n) is 18.8. The van der Waals surface area contributed by atoms with E-state index in [1.54, 1.807) is 0 Å². The molecule has 1 saturated heterocycles. The van der Waals surface area contributed by atoms with Crippen molar-refractivity contribution in [2.24, 2.45) is 10.4 Å². The average molecular weight is 459 g/mol. The number of thioether (sulfide) groups is 2. The maximum Gasteiger partial charge on any atom is 0.159 e. The molecule has 2 aliphatic rings. The zero-order chi connectivity index (χ0) is 22.0. The molecule has 5 rings (SSSR count). The van der Waals surface area contributed by atoms with Crippen LogP contribution in [0.4, 0.5) is 0 Å². The highest BCUT2D eigenvalue weighted by atomic mass is 32.2. The lowest BCUT2D eigenvalue weighted by Gasteiger charge is -2.47. The molecule has 1 fully saturated rings. The van der Waals surface area contributed by atoms with Gasteiger partial charge in [-0.15, -0.1) is 11.8 Å². The molecular formula is C28H30N2S2. The summed E-state index contributed by atoms with van der Waals surface area (Å²) in [7, 11) is 0. The SMILES string of the molecule is CC1(C)CN=C(N2CC(SC(c3ccccc3)(c3ccccc3)c3ccccc3)C2)SC1. The monoisotopic (exact) mass is 458 g/mol. The number of benzene rings is 3. The standard InChI is InChI=1S/C28H30N2S2/c1-27(2)20-29-26(31-21-27)30-18-25(19-30)32-28(22-12-6-3-7-13-22,23-14-8-4-9-15-23)24-16-10-5-11-17-24/h3-17,25H,18-21H2,1-2H3. The van der Waals surface area contributed by atoms with E-state index in [1.807, 2.05) is 11.8 Å². The molecule has 0 aliphatic carbocycles. The van der Waals surface area contributed by atoms with Crippen molar-refractivity contribution in [3.63, 3.8) is 0 Å². The van der Waals surface area contributed by atoms with Crippen LogP contribution in [0.25, 0.3) is 0 Å². The lowest BCUT2D eigenvalue weighted by Crippen LogP contribution is -2.53. The molecule has 0 spiro atoms. The van der Waals surface area contributed by atoms with Gasteiger partial charge in [-0.3, -0.25) is 4.99 Å². The minimum atomic E-state index is -0.232. The predicted molar refractivity (Wildman–Crippen MR) is 141 cm³/mol. The summed E-state index contributed by atoms with van der Waals surface area (Å²) in [5.41, 5.74) is 4.34. The quantitative estimate of drug-likeness (QED) is 0.405. The smallest absolute Gasteiger partial charge is 0.159 e. The van der Waals surface area contributed by atoms with Crippen LogP contribution in [-0.4, -0.2) is 40.7 Å². The van der Waals surface area contributed by atoms with E-state index in [0.717, 1.165) is 25.4 Å². The summed E-state index contributed by atoms with van der Waals surface area (Å²) in [4.78, 5) is 7.38. The van der Waals surface area contributed by atoms with E-state index >= 15 is 0 Å². The number of amidine groups is 1. The second-order valence-electron chi connectivity index (χ2n) is 9.48. The molecule has 0 radical (unpaired) electrons. The first-order valence-corrected chi connectivity index (χ1v) is 13.2. The van der Waals surface area contributed by atoms with Crippen molar-refractivity contribution in [2.75, 3.05) is 25.4 Å². The van der Waals surface area contributed by atoms with Gasteiger partial charge in [0.15, 0.2) is 5.17 Å². The Morgan fingerprint density at radius 3 is 1.69 bits per heavy atom. The maximum absolute atomic E-state index is 4.91. The van der Waals surface area contributed by atoms with Gasteiger partial charge in [-0.1, -0.05) is 117 Å². The summed E-state index contributed by atoms with van der Waals surface area (Å²) in [5, 5.41) is 1.79. The van der Waals surface area contributed by atoms with Crippen LogP contribution >= 0.6 is 23.5 Å². The van der Waals surface area contributed by atoms with Gasteiger partial charge in [0, 0.05) is 30.6 Å². The van der Waals surface area contributed by atoms with Crippen molar-refractivity contribution in [1.29, 1.82) is 0 Å². The van der Waals surface area contributed by atoms with E-state index < -0.39 is 0 Å². The molecule has 0 bridgehead atoms. The number of hydrogen-bond donors (Lipinski definition) is 0. The van der Waals surface area contributed by atoms with E-state index in [9.17, 15) is 0 Å². The molecule has 0 atom stereocenters.